The Hall–Kier alpha value is -2.90. The quantitative estimate of drug-likeness (QED) is 0.541. The van der Waals surface area contributed by atoms with E-state index in [0.717, 1.165) is 16.1 Å². The van der Waals surface area contributed by atoms with Crippen LogP contribution < -0.4 is 10.5 Å². The van der Waals surface area contributed by atoms with Crippen molar-refractivity contribution in [3.63, 3.8) is 0 Å². The molecular weight excluding hydrogens is 384 g/mol. The van der Waals surface area contributed by atoms with Gasteiger partial charge in [-0.25, -0.2) is 4.98 Å². The number of nitrogens with zero attached hydrogens (tertiary/aromatic N) is 3. The summed E-state index contributed by atoms with van der Waals surface area (Å²) in [5, 5.41) is 0.607. The van der Waals surface area contributed by atoms with Crippen molar-refractivity contribution in [3.05, 3.63) is 70.6 Å². The number of halogens is 1. The number of fused-ring (bicyclic) bond motifs is 1. The van der Waals surface area contributed by atoms with E-state index in [2.05, 4.69) is 9.97 Å². The number of amides is 1. The highest BCUT2D eigenvalue weighted by atomic mass is 35.5. The number of hydrogen-bond donors (Lipinski definition) is 1. The molecule has 0 aliphatic rings. The molecule has 0 saturated heterocycles. The first-order chi connectivity index (χ1) is 13.0. The third kappa shape index (κ3) is 3.27. The summed E-state index contributed by atoms with van der Waals surface area (Å²) in [7, 11) is 0. The van der Waals surface area contributed by atoms with E-state index in [9.17, 15) is 4.79 Å². The summed E-state index contributed by atoms with van der Waals surface area (Å²) in [5.74, 6) is -0.109. The Morgan fingerprint density at radius 2 is 2.15 bits per heavy atom. The molecule has 0 radical (unpaired) electrons. The largest absolute Gasteiger partial charge is 0.484 e. The lowest BCUT2D eigenvalue weighted by Gasteiger charge is -2.16. The van der Waals surface area contributed by atoms with E-state index in [1.165, 1.54) is 11.3 Å². The van der Waals surface area contributed by atoms with Gasteiger partial charge >= 0.3 is 0 Å². The van der Waals surface area contributed by atoms with Crippen molar-refractivity contribution >= 4 is 34.5 Å². The molecule has 4 aromatic rings. The first-order valence-electron chi connectivity index (χ1n) is 8.16. The van der Waals surface area contributed by atoms with Crippen molar-refractivity contribution in [1.82, 2.24) is 14.4 Å². The van der Waals surface area contributed by atoms with Crippen molar-refractivity contribution < 1.29 is 9.53 Å². The van der Waals surface area contributed by atoms with E-state index in [-0.39, 0.29) is 6.10 Å². The maximum atomic E-state index is 11.9. The summed E-state index contributed by atoms with van der Waals surface area (Å²) < 4.78 is 7.94. The number of aromatic nitrogens is 3. The Labute approximate surface area is 164 Å². The highest BCUT2D eigenvalue weighted by Gasteiger charge is 2.21. The van der Waals surface area contributed by atoms with E-state index in [1.54, 1.807) is 24.7 Å². The SMILES string of the molecule is C[C@H](Oc1cc(-c2cnc3cnccn23)sc1C(N)=O)c1ccccc1Cl. The first-order valence-corrected chi connectivity index (χ1v) is 9.36. The molecule has 0 aliphatic heterocycles. The monoisotopic (exact) mass is 398 g/mol. The predicted octanol–water partition coefficient (Wildman–Crippen LogP) is 4.35. The van der Waals surface area contributed by atoms with Crippen LogP contribution in [-0.2, 0) is 0 Å². The molecule has 2 N–H and O–H groups in total. The number of thiophene rings is 1. The topological polar surface area (TPSA) is 82.5 Å². The van der Waals surface area contributed by atoms with Crippen molar-refractivity contribution in [1.29, 1.82) is 0 Å². The molecule has 0 saturated carbocycles. The van der Waals surface area contributed by atoms with Crippen LogP contribution in [0.2, 0.25) is 5.02 Å². The Kier molecular flexibility index (Phi) is 4.55. The van der Waals surface area contributed by atoms with Gasteiger partial charge in [0.05, 0.1) is 23.0 Å². The van der Waals surface area contributed by atoms with Gasteiger partial charge in [0.1, 0.15) is 16.7 Å². The average molecular weight is 399 g/mol. The Bertz CT molecular complexity index is 1140. The summed E-state index contributed by atoms with van der Waals surface area (Å²) in [6, 6.07) is 9.25. The number of rotatable bonds is 5. The zero-order valence-electron chi connectivity index (χ0n) is 14.3. The molecule has 136 valence electrons. The first kappa shape index (κ1) is 17.5. The fourth-order valence-corrected chi connectivity index (χ4v) is 4.08. The minimum absolute atomic E-state index is 0.342. The van der Waals surface area contributed by atoms with Gasteiger partial charge in [0.2, 0.25) is 0 Å². The second-order valence-corrected chi connectivity index (χ2v) is 7.36. The van der Waals surface area contributed by atoms with E-state index < -0.39 is 5.91 Å². The maximum absolute atomic E-state index is 11.9. The number of benzene rings is 1. The molecule has 0 spiro atoms. The van der Waals surface area contributed by atoms with E-state index in [0.29, 0.717) is 21.3 Å². The average Bonchev–Trinajstić information content (AvgIpc) is 3.26. The van der Waals surface area contributed by atoms with Crippen molar-refractivity contribution in [2.45, 2.75) is 13.0 Å². The summed E-state index contributed by atoms with van der Waals surface area (Å²) in [6.07, 6.45) is 6.55. The molecule has 0 unspecified atom stereocenters. The molecule has 0 aliphatic carbocycles. The van der Waals surface area contributed by atoms with Crippen LogP contribution in [0.3, 0.4) is 0 Å². The van der Waals surface area contributed by atoms with Crippen molar-refractivity contribution in [3.8, 4) is 16.3 Å². The maximum Gasteiger partial charge on any atom is 0.262 e. The predicted molar refractivity (Wildman–Crippen MR) is 105 cm³/mol. The number of carbonyl (C=O) groups excluding carboxylic acids is 1. The summed E-state index contributed by atoms with van der Waals surface area (Å²) in [5.41, 5.74) is 7.96. The minimum Gasteiger partial charge on any atom is -0.484 e. The molecule has 1 amide bonds. The number of nitrogens with two attached hydrogens (primary N) is 1. The summed E-state index contributed by atoms with van der Waals surface area (Å²) >= 11 is 7.52. The molecule has 3 aromatic heterocycles. The minimum atomic E-state index is -0.539. The Morgan fingerprint density at radius 3 is 2.93 bits per heavy atom. The number of ether oxygens (including phenoxy) is 1. The van der Waals surface area contributed by atoms with Gasteiger partial charge in [-0.1, -0.05) is 29.8 Å². The zero-order valence-corrected chi connectivity index (χ0v) is 15.9. The highest BCUT2D eigenvalue weighted by Crippen LogP contribution is 2.38. The van der Waals surface area contributed by atoms with Crippen LogP contribution in [0.1, 0.15) is 28.3 Å². The number of imidazole rings is 1. The fourth-order valence-electron chi connectivity index (χ4n) is 2.84. The number of primary amides is 1. The molecule has 3 heterocycles. The lowest BCUT2D eigenvalue weighted by atomic mass is 10.1. The van der Waals surface area contributed by atoms with E-state index >= 15 is 0 Å². The molecule has 6 nitrogen and oxygen atoms in total. The summed E-state index contributed by atoms with van der Waals surface area (Å²) in [4.78, 5) is 21.5. The van der Waals surface area contributed by atoms with Gasteiger partial charge in [0.15, 0.2) is 5.65 Å². The molecule has 4 rings (SSSR count). The van der Waals surface area contributed by atoms with Crippen LogP contribution in [0, 0.1) is 0 Å². The van der Waals surface area contributed by atoms with E-state index in [1.807, 2.05) is 41.8 Å². The van der Waals surface area contributed by atoms with Crippen molar-refractivity contribution in [2.24, 2.45) is 5.73 Å². The van der Waals surface area contributed by atoms with Crippen LogP contribution >= 0.6 is 22.9 Å². The molecular formula is C19H15ClN4O2S. The van der Waals surface area contributed by atoms with Gasteiger partial charge in [-0.3, -0.25) is 14.2 Å². The third-order valence-electron chi connectivity index (χ3n) is 4.14. The van der Waals surface area contributed by atoms with Crippen LogP contribution in [0.25, 0.3) is 16.2 Å². The molecule has 0 bridgehead atoms. The van der Waals surface area contributed by atoms with Crippen LogP contribution in [0.15, 0.2) is 55.1 Å². The van der Waals surface area contributed by atoms with Crippen LogP contribution in [0.4, 0.5) is 0 Å². The van der Waals surface area contributed by atoms with Gasteiger partial charge in [0.25, 0.3) is 5.91 Å². The molecule has 27 heavy (non-hydrogen) atoms. The molecule has 8 heteroatoms. The number of hydrogen-bond acceptors (Lipinski definition) is 5. The normalized spacial score (nSPS) is 12.2. The Balaban J connectivity index is 1.73. The Morgan fingerprint density at radius 1 is 1.33 bits per heavy atom. The molecule has 1 atom stereocenters. The van der Waals surface area contributed by atoms with Gasteiger partial charge < -0.3 is 10.5 Å². The van der Waals surface area contributed by atoms with E-state index in [4.69, 9.17) is 22.1 Å². The number of carbonyl (C=O) groups is 1. The standard InChI is InChI=1S/C19H15ClN4O2S/c1-11(12-4-2-3-5-13(12)20)26-15-8-16(27-18(15)19(21)25)14-9-23-17-10-22-6-7-24(14)17/h2-11H,1H3,(H2,21,25)/t11-/m0/s1. The fraction of sp³-hybridized carbons (Fsp3) is 0.105. The van der Waals surface area contributed by atoms with Gasteiger partial charge in [-0.05, 0) is 13.0 Å². The van der Waals surface area contributed by atoms with Crippen molar-refractivity contribution in [2.75, 3.05) is 0 Å². The lowest BCUT2D eigenvalue weighted by molar-refractivity contribution is 0.0998. The second kappa shape index (κ2) is 7.02. The van der Waals surface area contributed by atoms with Gasteiger partial charge in [-0.15, -0.1) is 11.3 Å². The highest BCUT2D eigenvalue weighted by molar-refractivity contribution is 7.17. The van der Waals surface area contributed by atoms with Crippen LogP contribution in [-0.4, -0.2) is 20.3 Å². The van der Waals surface area contributed by atoms with Gasteiger partial charge in [0, 0.05) is 29.0 Å². The second-order valence-electron chi connectivity index (χ2n) is 5.90. The molecule has 0 fully saturated rings. The summed E-state index contributed by atoms with van der Waals surface area (Å²) in [6.45, 7) is 1.88. The van der Waals surface area contributed by atoms with Crippen LogP contribution in [0.5, 0.6) is 5.75 Å². The smallest absolute Gasteiger partial charge is 0.262 e. The lowest BCUT2D eigenvalue weighted by Crippen LogP contribution is -2.12. The third-order valence-corrected chi connectivity index (χ3v) is 5.64. The zero-order chi connectivity index (χ0) is 19.0. The molecule has 1 aromatic carbocycles. The van der Waals surface area contributed by atoms with Gasteiger partial charge in [-0.2, -0.15) is 0 Å².